The first-order valence-corrected chi connectivity index (χ1v) is 9.88. The molecule has 1 aliphatic heterocycles. The van der Waals surface area contributed by atoms with Crippen molar-refractivity contribution in [1.29, 1.82) is 0 Å². The lowest BCUT2D eigenvalue weighted by Gasteiger charge is -2.32. The fourth-order valence-electron chi connectivity index (χ4n) is 3.31. The molecule has 6 heteroatoms. The Bertz CT molecular complexity index is 733. The Morgan fingerprint density at radius 2 is 1.92 bits per heavy atom. The van der Waals surface area contributed by atoms with Crippen LogP contribution in [0.25, 0.3) is 0 Å². The van der Waals surface area contributed by atoms with E-state index in [1.807, 2.05) is 24.3 Å². The van der Waals surface area contributed by atoms with Crippen LogP contribution in [0, 0.1) is 0 Å². The summed E-state index contributed by atoms with van der Waals surface area (Å²) < 4.78 is 6.69. The molecular weight excluding hydrogens is 423 g/mol. The summed E-state index contributed by atoms with van der Waals surface area (Å²) in [5.41, 5.74) is 2.24. The average molecular weight is 444 g/mol. The van der Waals surface area contributed by atoms with Crippen molar-refractivity contribution < 1.29 is 4.74 Å². The normalized spacial score (nSPS) is 17.1. The highest BCUT2D eigenvalue weighted by atomic mass is 79.9. The van der Waals surface area contributed by atoms with Crippen molar-refractivity contribution in [3.05, 3.63) is 62.0 Å². The van der Waals surface area contributed by atoms with E-state index in [1.165, 1.54) is 0 Å². The van der Waals surface area contributed by atoms with Crippen molar-refractivity contribution in [3.63, 3.8) is 0 Å². The molecule has 2 aromatic carbocycles. The highest BCUT2D eigenvalue weighted by molar-refractivity contribution is 9.10. The third-order valence-electron chi connectivity index (χ3n) is 4.49. The van der Waals surface area contributed by atoms with E-state index in [-0.39, 0.29) is 6.04 Å². The first-order chi connectivity index (χ1) is 12.1. The molecule has 0 saturated carbocycles. The Hall–Kier alpha value is -0.780. The van der Waals surface area contributed by atoms with Gasteiger partial charge in [-0.2, -0.15) is 0 Å². The van der Waals surface area contributed by atoms with E-state index in [0.29, 0.717) is 10.0 Å². The van der Waals surface area contributed by atoms with Crippen LogP contribution in [0.4, 0.5) is 0 Å². The van der Waals surface area contributed by atoms with Gasteiger partial charge in [-0.05, 0) is 48.9 Å². The molecule has 0 aliphatic carbocycles. The maximum absolute atomic E-state index is 6.32. The van der Waals surface area contributed by atoms with E-state index < -0.39 is 0 Å². The lowest BCUT2D eigenvalue weighted by Crippen LogP contribution is -2.33. The summed E-state index contributed by atoms with van der Waals surface area (Å²) in [6.45, 7) is 3.97. The van der Waals surface area contributed by atoms with Crippen LogP contribution in [0.2, 0.25) is 10.0 Å². The van der Waals surface area contributed by atoms with Crippen LogP contribution >= 0.6 is 39.1 Å². The summed E-state index contributed by atoms with van der Waals surface area (Å²) in [5.74, 6) is 0.872. The van der Waals surface area contributed by atoms with Gasteiger partial charge in [0.2, 0.25) is 0 Å². The molecule has 1 aliphatic rings. The van der Waals surface area contributed by atoms with Crippen LogP contribution in [0.5, 0.6) is 5.75 Å². The van der Waals surface area contributed by atoms with E-state index in [9.17, 15) is 0 Å². The smallest absolute Gasteiger partial charge is 0.124 e. The van der Waals surface area contributed by atoms with Gasteiger partial charge in [0, 0.05) is 29.7 Å². The van der Waals surface area contributed by atoms with E-state index in [0.717, 1.165) is 53.9 Å². The van der Waals surface area contributed by atoms with Crippen LogP contribution < -0.4 is 10.1 Å². The van der Waals surface area contributed by atoms with E-state index >= 15 is 0 Å². The molecule has 0 bridgehead atoms. The number of hydrogen-bond donors (Lipinski definition) is 1. The third kappa shape index (κ3) is 4.50. The molecule has 0 amide bonds. The number of methoxy groups -OCH3 is 1. The minimum Gasteiger partial charge on any atom is -0.496 e. The zero-order valence-electron chi connectivity index (χ0n) is 14.1. The monoisotopic (exact) mass is 442 g/mol. The number of ether oxygens (including phenoxy) is 1. The number of halogens is 3. The van der Waals surface area contributed by atoms with Gasteiger partial charge in [0.1, 0.15) is 5.75 Å². The number of nitrogens with one attached hydrogen (secondary N) is 1. The molecule has 1 N–H and O–H groups in total. The van der Waals surface area contributed by atoms with Crippen LogP contribution in [0.15, 0.2) is 40.9 Å². The summed E-state index contributed by atoms with van der Waals surface area (Å²) in [4.78, 5) is 2.48. The SMILES string of the molecule is COc1ccc(Br)cc1C(c1ccc(Cl)c(Cl)c1)N1CCCNCC1. The Kier molecular flexibility index (Phi) is 6.64. The van der Waals surface area contributed by atoms with Gasteiger partial charge >= 0.3 is 0 Å². The summed E-state index contributed by atoms with van der Waals surface area (Å²) >= 11 is 16.1. The largest absolute Gasteiger partial charge is 0.496 e. The van der Waals surface area contributed by atoms with Crippen LogP contribution in [-0.4, -0.2) is 38.2 Å². The predicted molar refractivity (Wildman–Crippen MR) is 108 cm³/mol. The minimum atomic E-state index is 0.0575. The van der Waals surface area contributed by atoms with E-state index in [1.54, 1.807) is 7.11 Å². The summed E-state index contributed by atoms with van der Waals surface area (Å²) in [6.07, 6.45) is 1.11. The van der Waals surface area contributed by atoms with Gasteiger partial charge in [0.05, 0.1) is 23.2 Å². The predicted octanol–water partition coefficient (Wildman–Crippen LogP) is 5.15. The van der Waals surface area contributed by atoms with Crippen LogP contribution in [-0.2, 0) is 0 Å². The van der Waals surface area contributed by atoms with Crippen LogP contribution in [0.1, 0.15) is 23.6 Å². The molecule has 2 aromatic rings. The molecule has 3 rings (SSSR count). The zero-order valence-corrected chi connectivity index (χ0v) is 17.2. The minimum absolute atomic E-state index is 0.0575. The first kappa shape index (κ1) is 19.0. The molecule has 1 atom stereocenters. The average Bonchev–Trinajstić information content (AvgIpc) is 2.88. The van der Waals surface area contributed by atoms with Crippen molar-refractivity contribution in [2.24, 2.45) is 0 Å². The van der Waals surface area contributed by atoms with Gasteiger partial charge in [0.15, 0.2) is 0 Å². The third-order valence-corrected chi connectivity index (χ3v) is 5.72. The fraction of sp³-hybridized carbons (Fsp3) is 0.368. The lowest BCUT2D eigenvalue weighted by molar-refractivity contribution is 0.236. The van der Waals surface area contributed by atoms with Crippen molar-refractivity contribution in [2.45, 2.75) is 12.5 Å². The molecule has 3 nitrogen and oxygen atoms in total. The van der Waals surface area contributed by atoms with Gasteiger partial charge in [-0.25, -0.2) is 0 Å². The van der Waals surface area contributed by atoms with Gasteiger partial charge < -0.3 is 10.1 Å². The summed E-state index contributed by atoms with van der Waals surface area (Å²) in [5, 5.41) is 4.61. The topological polar surface area (TPSA) is 24.5 Å². The molecule has 134 valence electrons. The lowest BCUT2D eigenvalue weighted by atomic mass is 9.96. The van der Waals surface area contributed by atoms with Crippen molar-refractivity contribution in [3.8, 4) is 5.75 Å². The highest BCUT2D eigenvalue weighted by Gasteiger charge is 2.26. The molecule has 1 heterocycles. The molecule has 1 unspecified atom stereocenters. The van der Waals surface area contributed by atoms with Gasteiger partial charge in [-0.1, -0.05) is 45.2 Å². The Balaban J connectivity index is 2.11. The number of rotatable bonds is 4. The number of benzene rings is 2. The Labute approximate surface area is 167 Å². The molecule has 25 heavy (non-hydrogen) atoms. The fourth-order valence-corrected chi connectivity index (χ4v) is 4.00. The molecule has 0 aromatic heterocycles. The van der Waals surface area contributed by atoms with Gasteiger partial charge in [-0.15, -0.1) is 0 Å². The molecule has 1 saturated heterocycles. The second-order valence-corrected chi connectivity index (χ2v) is 7.83. The van der Waals surface area contributed by atoms with E-state index in [4.69, 9.17) is 27.9 Å². The standard InChI is InChI=1S/C19H21BrCl2N2O/c1-25-18-6-4-14(20)12-15(18)19(24-9-2-7-23-8-10-24)13-3-5-16(21)17(22)11-13/h3-6,11-12,19,23H,2,7-10H2,1H3. The van der Waals surface area contributed by atoms with Crippen molar-refractivity contribution in [1.82, 2.24) is 10.2 Å². The maximum atomic E-state index is 6.32. The zero-order chi connectivity index (χ0) is 17.8. The van der Waals surface area contributed by atoms with Gasteiger partial charge in [0.25, 0.3) is 0 Å². The van der Waals surface area contributed by atoms with Crippen LogP contribution in [0.3, 0.4) is 0 Å². The second kappa shape index (κ2) is 8.74. The second-order valence-electron chi connectivity index (χ2n) is 6.10. The first-order valence-electron chi connectivity index (χ1n) is 8.33. The quantitative estimate of drug-likeness (QED) is 0.707. The van der Waals surface area contributed by atoms with Crippen molar-refractivity contribution >= 4 is 39.1 Å². The molecule has 0 radical (unpaired) electrons. The van der Waals surface area contributed by atoms with E-state index in [2.05, 4.69) is 38.3 Å². The summed E-state index contributed by atoms with van der Waals surface area (Å²) in [7, 11) is 1.71. The maximum Gasteiger partial charge on any atom is 0.124 e. The van der Waals surface area contributed by atoms with Gasteiger partial charge in [-0.3, -0.25) is 4.90 Å². The molecule has 0 spiro atoms. The molecule has 1 fully saturated rings. The van der Waals surface area contributed by atoms with Crippen molar-refractivity contribution in [2.75, 3.05) is 33.3 Å². The number of nitrogens with zero attached hydrogens (tertiary/aromatic N) is 1. The number of hydrogen-bond acceptors (Lipinski definition) is 3. The molecular formula is C19H21BrCl2N2O. The Morgan fingerprint density at radius 1 is 1.08 bits per heavy atom. The Morgan fingerprint density at radius 3 is 2.68 bits per heavy atom. The highest BCUT2D eigenvalue weighted by Crippen LogP contribution is 2.38. The summed E-state index contributed by atoms with van der Waals surface area (Å²) in [6, 6.07) is 12.1.